The van der Waals surface area contributed by atoms with Crippen molar-refractivity contribution in [2.45, 2.75) is 39.7 Å². The Bertz CT molecular complexity index is 557. The van der Waals surface area contributed by atoms with Gasteiger partial charge in [-0.3, -0.25) is 10.1 Å². The van der Waals surface area contributed by atoms with E-state index in [2.05, 4.69) is 29.1 Å². The zero-order valence-electron chi connectivity index (χ0n) is 16.0. The van der Waals surface area contributed by atoms with Gasteiger partial charge in [-0.05, 0) is 57.6 Å². The number of nitrogens with zero attached hydrogens (tertiary/aromatic N) is 2. The van der Waals surface area contributed by atoms with E-state index in [1.165, 1.54) is 7.11 Å². The molecular weight excluding hydrogens is 318 g/mol. The number of ether oxygens (including phenoxy) is 2. The van der Waals surface area contributed by atoms with Crippen LogP contribution in [0.2, 0.25) is 0 Å². The summed E-state index contributed by atoms with van der Waals surface area (Å²) in [6.45, 7) is 9.55. The number of carbonyl (C=O) groups excluding carboxylic acids is 1. The number of benzene rings is 1. The molecule has 6 heteroatoms. The van der Waals surface area contributed by atoms with Gasteiger partial charge in [0, 0.05) is 5.56 Å². The van der Waals surface area contributed by atoms with Gasteiger partial charge in [0.25, 0.3) is 11.9 Å². The number of carbonyl (C=O) groups is 1. The van der Waals surface area contributed by atoms with E-state index in [0.29, 0.717) is 11.3 Å². The largest absolute Gasteiger partial charge is 0.497 e. The molecule has 1 aromatic carbocycles. The van der Waals surface area contributed by atoms with Gasteiger partial charge >= 0.3 is 0 Å². The Morgan fingerprint density at radius 2 is 2.00 bits per heavy atom. The van der Waals surface area contributed by atoms with Gasteiger partial charge in [0.2, 0.25) is 0 Å². The summed E-state index contributed by atoms with van der Waals surface area (Å²) in [4.78, 5) is 19.2. The Labute approximate surface area is 151 Å². The molecule has 0 bridgehead atoms. The number of rotatable bonds is 9. The summed E-state index contributed by atoms with van der Waals surface area (Å²) >= 11 is 0. The van der Waals surface area contributed by atoms with E-state index in [4.69, 9.17) is 9.47 Å². The molecule has 0 fully saturated rings. The third kappa shape index (κ3) is 7.56. The molecular formula is C19H31N3O3. The van der Waals surface area contributed by atoms with E-state index >= 15 is 0 Å². The maximum Gasteiger partial charge on any atom is 0.291 e. The van der Waals surface area contributed by atoms with Crippen molar-refractivity contribution in [3.05, 3.63) is 29.8 Å². The molecule has 0 aliphatic heterocycles. The van der Waals surface area contributed by atoms with Crippen LogP contribution in [0.5, 0.6) is 5.75 Å². The molecule has 25 heavy (non-hydrogen) atoms. The maximum absolute atomic E-state index is 12.3. The van der Waals surface area contributed by atoms with Crippen molar-refractivity contribution < 1.29 is 14.3 Å². The maximum atomic E-state index is 12.3. The second-order valence-corrected chi connectivity index (χ2v) is 5.84. The van der Waals surface area contributed by atoms with Crippen LogP contribution in [0, 0.1) is 0 Å². The van der Waals surface area contributed by atoms with E-state index in [-0.39, 0.29) is 18.0 Å². The van der Waals surface area contributed by atoms with Crippen LogP contribution in [0.4, 0.5) is 0 Å². The molecule has 1 aromatic rings. The molecule has 1 atom stereocenters. The fraction of sp³-hybridized carbons (Fsp3) is 0.579. The third-order valence-corrected chi connectivity index (χ3v) is 4.07. The van der Waals surface area contributed by atoms with Gasteiger partial charge in [0.05, 0.1) is 20.3 Å². The lowest BCUT2D eigenvalue weighted by atomic mass is 10.2. The Hall–Kier alpha value is -2.08. The zero-order chi connectivity index (χ0) is 18.7. The molecule has 0 heterocycles. The Balaban J connectivity index is 2.58. The smallest absolute Gasteiger partial charge is 0.291 e. The van der Waals surface area contributed by atoms with Gasteiger partial charge in [-0.1, -0.05) is 19.9 Å². The SMILES string of the molecule is CCN(CC)CCC[C@H](C)N=C(NC(=O)c1cccc(OC)c1)OC. The van der Waals surface area contributed by atoms with Crippen molar-refractivity contribution in [2.24, 2.45) is 4.99 Å². The predicted molar refractivity (Wildman–Crippen MR) is 101 cm³/mol. The van der Waals surface area contributed by atoms with Crippen LogP contribution in [-0.4, -0.2) is 56.7 Å². The molecule has 1 amide bonds. The summed E-state index contributed by atoms with van der Waals surface area (Å²) in [5.41, 5.74) is 0.498. The number of hydrogen-bond acceptors (Lipinski definition) is 5. The van der Waals surface area contributed by atoms with Crippen LogP contribution < -0.4 is 10.1 Å². The van der Waals surface area contributed by atoms with Crippen molar-refractivity contribution in [1.82, 2.24) is 10.2 Å². The summed E-state index contributed by atoms with van der Waals surface area (Å²) in [6.07, 6.45) is 2.01. The molecule has 0 spiro atoms. The number of amidine groups is 1. The monoisotopic (exact) mass is 349 g/mol. The van der Waals surface area contributed by atoms with Gasteiger partial charge in [0.1, 0.15) is 5.75 Å². The molecule has 6 nitrogen and oxygen atoms in total. The number of nitrogens with one attached hydrogen (secondary N) is 1. The molecule has 0 radical (unpaired) electrons. The number of amides is 1. The minimum atomic E-state index is -0.269. The molecule has 1 rings (SSSR count). The molecule has 140 valence electrons. The number of methoxy groups -OCH3 is 2. The summed E-state index contributed by atoms with van der Waals surface area (Å²) in [7, 11) is 3.08. The van der Waals surface area contributed by atoms with Crippen LogP contribution >= 0.6 is 0 Å². The highest BCUT2D eigenvalue weighted by molar-refractivity contribution is 6.04. The average Bonchev–Trinajstić information content (AvgIpc) is 2.64. The Morgan fingerprint density at radius 1 is 1.28 bits per heavy atom. The van der Waals surface area contributed by atoms with Gasteiger partial charge in [0.15, 0.2) is 0 Å². The van der Waals surface area contributed by atoms with Crippen LogP contribution in [-0.2, 0) is 4.74 Å². The lowest BCUT2D eigenvalue weighted by Gasteiger charge is -2.18. The lowest BCUT2D eigenvalue weighted by molar-refractivity contribution is 0.0968. The topological polar surface area (TPSA) is 63.2 Å². The van der Waals surface area contributed by atoms with E-state index in [1.807, 2.05) is 6.92 Å². The van der Waals surface area contributed by atoms with Gasteiger partial charge in [-0.15, -0.1) is 0 Å². The first-order valence-corrected chi connectivity index (χ1v) is 8.83. The molecule has 0 aromatic heterocycles. The van der Waals surface area contributed by atoms with Crippen molar-refractivity contribution in [2.75, 3.05) is 33.9 Å². The Kier molecular flexibility index (Phi) is 9.62. The fourth-order valence-corrected chi connectivity index (χ4v) is 2.48. The molecule has 0 saturated heterocycles. The molecule has 0 unspecified atom stereocenters. The normalized spacial score (nSPS) is 12.8. The van der Waals surface area contributed by atoms with E-state index in [1.54, 1.807) is 31.4 Å². The average molecular weight is 349 g/mol. The lowest BCUT2D eigenvalue weighted by Crippen LogP contribution is -2.33. The third-order valence-electron chi connectivity index (χ3n) is 4.07. The van der Waals surface area contributed by atoms with E-state index in [9.17, 15) is 4.79 Å². The quantitative estimate of drug-likeness (QED) is 0.550. The molecule has 0 aliphatic carbocycles. The van der Waals surface area contributed by atoms with Crippen molar-refractivity contribution in [3.63, 3.8) is 0 Å². The van der Waals surface area contributed by atoms with Gasteiger partial charge in [-0.2, -0.15) is 0 Å². The van der Waals surface area contributed by atoms with Crippen molar-refractivity contribution in [1.29, 1.82) is 0 Å². The predicted octanol–water partition coefficient (Wildman–Crippen LogP) is 2.94. The van der Waals surface area contributed by atoms with Gasteiger partial charge in [-0.25, -0.2) is 4.99 Å². The van der Waals surface area contributed by atoms with Crippen LogP contribution in [0.3, 0.4) is 0 Å². The Morgan fingerprint density at radius 3 is 2.60 bits per heavy atom. The van der Waals surface area contributed by atoms with Crippen molar-refractivity contribution >= 4 is 11.9 Å². The second-order valence-electron chi connectivity index (χ2n) is 5.84. The van der Waals surface area contributed by atoms with Crippen LogP contribution in [0.25, 0.3) is 0 Å². The summed E-state index contributed by atoms with van der Waals surface area (Å²) in [6, 6.07) is 7.28. The van der Waals surface area contributed by atoms with E-state index < -0.39 is 0 Å². The highest BCUT2D eigenvalue weighted by Gasteiger charge is 2.11. The number of aliphatic imine (C=N–C) groups is 1. The summed E-state index contributed by atoms with van der Waals surface area (Å²) in [5.74, 6) is 0.364. The second kappa shape index (κ2) is 11.5. The minimum Gasteiger partial charge on any atom is -0.497 e. The van der Waals surface area contributed by atoms with E-state index in [0.717, 1.165) is 32.5 Å². The highest BCUT2D eigenvalue weighted by atomic mass is 16.5. The molecule has 0 saturated carbocycles. The summed E-state index contributed by atoms with van der Waals surface area (Å²) in [5, 5.41) is 2.71. The first-order valence-electron chi connectivity index (χ1n) is 8.83. The summed E-state index contributed by atoms with van der Waals surface area (Å²) < 4.78 is 10.4. The fourth-order valence-electron chi connectivity index (χ4n) is 2.48. The molecule has 0 aliphatic rings. The van der Waals surface area contributed by atoms with Crippen LogP contribution in [0.15, 0.2) is 29.3 Å². The van der Waals surface area contributed by atoms with Gasteiger partial charge < -0.3 is 14.4 Å². The number of hydrogen-bond donors (Lipinski definition) is 1. The van der Waals surface area contributed by atoms with Crippen LogP contribution in [0.1, 0.15) is 44.0 Å². The highest BCUT2D eigenvalue weighted by Crippen LogP contribution is 2.12. The standard InChI is InChI=1S/C19H31N3O3/c1-6-22(7-2)13-9-10-15(3)20-19(25-5)21-18(23)16-11-8-12-17(14-16)24-4/h8,11-12,14-15H,6-7,9-10,13H2,1-5H3,(H,20,21,23)/t15-/m0/s1. The van der Waals surface area contributed by atoms with Crippen molar-refractivity contribution in [3.8, 4) is 5.75 Å². The minimum absolute atomic E-state index is 0.0797. The molecule has 1 N–H and O–H groups in total. The zero-order valence-corrected chi connectivity index (χ0v) is 16.0. The first-order chi connectivity index (χ1) is 12.0. The first kappa shape index (κ1) is 21.0.